The molecule has 0 aliphatic rings. The van der Waals surface area contributed by atoms with Crippen LogP contribution >= 0.6 is 11.6 Å². The van der Waals surface area contributed by atoms with Gasteiger partial charge in [0, 0.05) is 13.0 Å². The van der Waals surface area contributed by atoms with Gasteiger partial charge in [-0.15, -0.1) is 10.2 Å². The minimum absolute atomic E-state index is 0.128. The first-order valence-electron chi connectivity index (χ1n) is 8.36. The van der Waals surface area contributed by atoms with Crippen LogP contribution in [0.15, 0.2) is 28.7 Å². The standard InChI is InChI=1S/C18H24ClN3O2/c1-4-11-22(17(23)10-9-13(2)3)12-16-20-21-18(24-16)14-7-5-6-8-15(14)19/h5-8,13H,4,9-12H2,1-3H3. The Labute approximate surface area is 148 Å². The number of carbonyl (C=O) groups excluding carboxylic acids is 1. The predicted octanol–water partition coefficient (Wildman–Crippen LogP) is 4.56. The molecule has 0 unspecified atom stereocenters. The average molecular weight is 350 g/mol. The summed E-state index contributed by atoms with van der Waals surface area (Å²) in [6.07, 6.45) is 2.32. The van der Waals surface area contributed by atoms with Gasteiger partial charge >= 0.3 is 0 Å². The lowest BCUT2D eigenvalue weighted by Gasteiger charge is -2.20. The largest absolute Gasteiger partial charge is 0.419 e. The number of aromatic nitrogens is 2. The first-order chi connectivity index (χ1) is 11.5. The molecule has 0 bridgehead atoms. The third-order valence-electron chi connectivity index (χ3n) is 3.68. The van der Waals surface area contributed by atoms with Gasteiger partial charge in [-0.2, -0.15) is 0 Å². The summed E-state index contributed by atoms with van der Waals surface area (Å²) >= 11 is 6.15. The molecule has 2 rings (SSSR count). The zero-order valence-electron chi connectivity index (χ0n) is 14.5. The Morgan fingerprint density at radius 2 is 2.04 bits per heavy atom. The summed E-state index contributed by atoms with van der Waals surface area (Å²) in [5, 5.41) is 8.68. The van der Waals surface area contributed by atoms with E-state index in [-0.39, 0.29) is 5.91 Å². The highest BCUT2D eigenvalue weighted by Gasteiger charge is 2.18. The molecule has 0 saturated heterocycles. The van der Waals surface area contributed by atoms with E-state index in [1.54, 1.807) is 11.0 Å². The quantitative estimate of drug-likeness (QED) is 0.700. The molecule has 0 fully saturated rings. The van der Waals surface area contributed by atoms with Gasteiger partial charge < -0.3 is 9.32 Å². The van der Waals surface area contributed by atoms with Crippen LogP contribution in [0.25, 0.3) is 11.5 Å². The van der Waals surface area contributed by atoms with Gasteiger partial charge in [0.15, 0.2) is 0 Å². The van der Waals surface area contributed by atoms with Gasteiger partial charge in [-0.05, 0) is 30.9 Å². The summed E-state index contributed by atoms with van der Waals surface area (Å²) in [6.45, 7) is 7.30. The van der Waals surface area contributed by atoms with Crippen LogP contribution < -0.4 is 0 Å². The van der Waals surface area contributed by atoms with Gasteiger partial charge in [0.1, 0.15) is 0 Å². The summed E-state index contributed by atoms with van der Waals surface area (Å²) in [4.78, 5) is 14.2. The highest BCUT2D eigenvalue weighted by Crippen LogP contribution is 2.26. The smallest absolute Gasteiger partial charge is 0.249 e. The number of benzene rings is 1. The van der Waals surface area contributed by atoms with Gasteiger partial charge in [0.25, 0.3) is 0 Å². The van der Waals surface area contributed by atoms with E-state index < -0.39 is 0 Å². The van der Waals surface area contributed by atoms with Crippen molar-refractivity contribution in [3.05, 3.63) is 35.2 Å². The lowest BCUT2D eigenvalue weighted by atomic mass is 10.1. The van der Waals surface area contributed by atoms with E-state index in [0.29, 0.717) is 47.8 Å². The van der Waals surface area contributed by atoms with Gasteiger partial charge in [-0.3, -0.25) is 4.79 Å². The maximum Gasteiger partial charge on any atom is 0.249 e. The molecule has 2 aromatic rings. The van der Waals surface area contributed by atoms with E-state index in [9.17, 15) is 4.79 Å². The van der Waals surface area contributed by atoms with E-state index in [2.05, 4.69) is 24.0 Å². The molecule has 0 N–H and O–H groups in total. The Kier molecular flexibility index (Phi) is 6.79. The molecule has 0 spiro atoms. The molecule has 0 aliphatic heterocycles. The molecule has 1 amide bonds. The van der Waals surface area contributed by atoms with Crippen LogP contribution in [0.3, 0.4) is 0 Å². The van der Waals surface area contributed by atoms with Crippen LogP contribution in [0.2, 0.25) is 5.02 Å². The van der Waals surface area contributed by atoms with E-state index in [0.717, 1.165) is 12.8 Å². The summed E-state index contributed by atoms with van der Waals surface area (Å²) in [7, 11) is 0. The molecule has 6 heteroatoms. The number of halogens is 1. The fourth-order valence-corrected chi connectivity index (χ4v) is 2.57. The zero-order chi connectivity index (χ0) is 17.5. The molecular formula is C18H24ClN3O2. The molecule has 0 atom stereocenters. The van der Waals surface area contributed by atoms with Crippen molar-refractivity contribution in [2.45, 2.75) is 46.6 Å². The Morgan fingerprint density at radius 3 is 2.71 bits per heavy atom. The number of nitrogens with zero attached hydrogens (tertiary/aromatic N) is 3. The first-order valence-corrected chi connectivity index (χ1v) is 8.74. The fraction of sp³-hybridized carbons (Fsp3) is 0.500. The van der Waals surface area contributed by atoms with Crippen LogP contribution in [0.5, 0.6) is 0 Å². The van der Waals surface area contributed by atoms with Crippen molar-refractivity contribution in [1.29, 1.82) is 0 Å². The molecular weight excluding hydrogens is 326 g/mol. The van der Waals surface area contributed by atoms with Crippen LogP contribution in [0.1, 0.15) is 45.9 Å². The van der Waals surface area contributed by atoms with E-state index in [1.807, 2.05) is 25.1 Å². The summed E-state index contributed by atoms with van der Waals surface area (Å²) in [5.41, 5.74) is 0.700. The number of amides is 1. The third-order valence-corrected chi connectivity index (χ3v) is 4.01. The molecule has 130 valence electrons. The number of hydrogen-bond acceptors (Lipinski definition) is 4. The maximum absolute atomic E-state index is 12.4. The molecule has 0 aliphatic carbocycles. The van der Waals surface area contributed by atoms with Crippen molar-refractivity contribution in [1.82, 2.24) is 15.1 Å². The topological polar surface area (TPSA) is 59.2 Å². The van der Waals surface area contributed by atoms with Crippen LogP contribution in [-0.4, -0.2) is 27.5 Å². The second kappa shape index (κ2) is 8.83. The van der Waals surface area contributed by atoms with Crippen molar-refractivity contribution in [3.8, 4) is 11.5 Å². The SMILES string of the molecule is CCCN(Cc1nnc(-c2ccccc2Cl)o1)C(=O)CCC(C)C. The minimum atomic E-state index is 0.128. The molecule has 0 saturated carbocycles. The molecule has 1 heterocycles. The molecule has 24 heavy (non-hydrogen) atoms. The molecule has 1 aromatic carbocycles. The van der Waals surface area contributed by atoms with Crippen LogP contribution in [-0.2, 0) is 11.3 Å². The normalized spacial score (nSPS) is 11.0. The third kappa shape index (κ3) is 5.06. The minimum Gasteiger partial charge on any atom is -0.419 e. The Balaban J connectivity index is 2.07. The molecule has 1 aromatic heterocycles. The van der Waals surface area contributed by atoms with Gasteiger partial charge in [-0.1, -0.05) is 44.5 Å². The predicted molar refractivity (Wildman–Crippen MR) is 94.5 cm³/mol. The Morgan fingerprint density at radius 1 is 1.29 bits per heavy atom. The van der Waals surface area contributed by atoms with Gasteiger partial charge in [0.05, 0.1) is 17.1 Å². The maximum atomic E-state index is 12.4. The summed E-state index contributed by atoms with van der Waals surface area (Å²) < 4.78 is 5.70. The highest BCUT2D eigenvalue weighted by molar-refractivity contribution is 6.33. The zero-order valence-corrected chi connectivity index (χ0v) is 15.2. The highest BCUT2D eigenvalue weighted by atomic mass is 35.5. The van der Waals surface area contributed by atoms with Crippen LogP contribution in [0.4, 0.5) is 0 Å². The number of carbonyl (C=O) groups is 1. The number of hydrogen-bond donors (Lipinski definition) is 0. The van der Waals surface area contributed by atoms with Crippen molar-refractivity contribution in [2.75, 3.05) is 6.54 Å². The summed E-state index contributed by atoms with van der Waals surface area (Å²) in [6, 6.07) is 7.32. The fourth-order valence-electron chi connectivity index (χ4n) is 2.36. The van der Waals surface area contributed by atoms with E-state index >= 15 is 0 Å². The molecule has 5 nitrogen and oxygen atoms in total. The first kappa shape index (κ1) is 18.5. The lowest BCUT2D eigenvalue weighted by molar-refractivity contribution is -0.132. The number of rotatable bonds is 8. The van der Waals surface area contributed by atoms with Crippen molar-refractivity contribution in [2.24, 2.45) is 5.92 Å². The van der Waals surface area contributed by atoms with Crippen molar-refractivity contribution >= 4 is 17.5 Å². The van der Waals surface area contributed by atoms with Crippen molar-refractivity contribution < 1.29 is 9.21 Å². The Hall–Kier alpha value is -1.88. The lowest BCUT2D eigenvalue weighted by Crippen LogP contribution is -2.31. The monoisotopic (exact) mass is 349 g/mol. The van der Waals surface area contributed by atoms with E-state index in [1.165, 1.54) is 0 Å². The second-order valence-electron chi connectivity index (χ2n) is 6.23. The second-order valence-corrected chi connectivity index (χ2v) is 6.64. The Bertz CT molecular complexity index is 670. The van der Waals surface area contributed by atoms with Gasteiger partial charge in [-0.25, -0.2) is 0 Å². The van der Waals surface area contributed by atoms with E-state index in [4.69, 9.17) is 16.0 Å². The average Bonchev–Trinajstić information content (AvgIpc) is 3.01. The van der Waals surface area contributed by atoms with Gasteiger partial charge in [0.2, 0.25) is 17.7 Å². The summed E-state index contributed by atoms with van der Waals surface area (Å²) in [5.74, 6) is 1.44. The van der Waals surface area contributed by atoms with Crippen LogP contribution in [0, 0.1) is 5.92 Å². The van der Waals surface area contributed by atoms with Crippen molar-refractivity contribution in [3.63, 3.8) is 0 Å². The molecule has 0 radical (unpaired) electrons.